The standard InChI is InChI=1S/C21H20N8O2/c30-21(22-11-10-19-24-23-14-28(19)16-8-9-16)18(13-17-7-4-12-31-17)29-20(25-26-27-29)15-5-2-1-3-6-15/h1-7,12-14,16H,8-11H2,(H,22,30). The smallest absolute Gasteiger partial charge is 0.270 e. The van der Waals surface area contributed by atoms with Gasteiger partial charge in [-0.2, -0.15) is 4.68 Å². The van der Waals surface area contributed by atoms with Crippen LogP contribution in [0.15, 0.2) is 59.5 Å². The molecule has 5 rings (SSSR count). The molecule has 3 aromatic heterocycles. The maximum Gasteiger partial charge on any atom is 0.270 e. The second-order valence-corrected chi connectivity index (χ2v) is 7.22. The molecule has 10 nitrogen and oxygen atoms in total. The summed E-state index contributed by atoms with van der Waals surface area (Å²) in [5.74, 6) is 1.53. The second-order valence-electron chi connectivity index (χ2n) is 7.22. The van der Waals surface area contributed by atoms with E-state index in [-0.39, 0.29) is 11.6 Å². The van der Waals surface area contributed by atoms with Gasteiger partial charge in [0.05, 0.1) is 6.26 Å². The molecule has 0 bridgehead atoms. The number of benzene rings is 1. The highest BCUT2D eigenvalue weighted by atomic mass is 16.3. The molecule has 0 radical (unpaired) electrons. The highest BCUT2D eigenvalue weighted by Gasteiger charge is 2.26. The monoisotopic (exact) mass is 416 g/mol. The first-order valence-corrected chi connectivity index (χ1v) is 10.1. The summed E-state index contributed by atoms with van der Waals surface area (Å²) in [6.45, 7) is 0.405. The molecule has 0 unspecified atom stereocenters. The lowest BCUT2D eigenvalue weighted by Gasteiger charge is -2.11. The quantitative estimate of drug-likeness (QED) is 0.438. The van der Waals surface area contributed by atoms with Gasteiger partial charge in [0, 0.05) is 30.6 Å². The Morgan fingerprint density at radius 3 is 2.81 bits per heavy atom. The Morgan fingerprint density at radius 2 is 2.03 bits per heavy atom. The third-order valence-corrected chi connectivity index (χ3v) is 5.01. The van der Waals surface area contributed by atoms with Crippen LogP contribution in [0.1, 0.15) is 30.5 Å². The molecule has 4 aromatic rings. The first-order valence-electron chi connectivity index (χ1n) is 10.1. The molecule has 1 aromatic carbocycles. The van der Waals surface area contributed by atoms with Gasteiger partial charge in [0.25, 0.3) is 5.91 Å². The molecule has 1 amide bonds. The molecule has 0 spiro atoms. The fourth-order valence-electron chi connectivity index (χ4n) is 3.33. The van der Waals surface area contributed by atoms with Crippen LogP contribution in [0.3, 0.4) is 0 Å². The SMILES string of the molecule is O=C(NCCc1nncn1C1CC1)C(=Cc1ccco1)n1nnnc1-c1ccccc1. The molecule has 10 heteroatoms. The number of tetrazole rings is 1. The fourth-order valence-corrected chi connectivity index (χ4v) is 3.33. The van der Waals surface area contributed by atoms with Crippen molar-refractivity contribution in [3.8, 4) is 11.4 Å². The number of furan rings is 1. The van der Waals surface area contributed by atoms with E-state index in [4.69, 9.17) is 4.42 Å². The Labute approximate surface area is 177 Å². The Kier molecular flexibility index (Phi) is 5.09. The molecule has 0 aliphatic heterocycles. The molecule has 3 heterocycles. The minimum Gasteiger partial charge on any atom is -0.465 e. The van der Waals surface area contributed by atoms with E-state index in [0.717, 1.165) is 24.2 Å². The molecule has 0 saturated heterocycles. The number of rotatable bonds is 8. The summed E-state index contributed by atoms with van der Waals surface area (Å²) >= 11 is 0. The normalized spacial score (nSPS) is 14.0. The molecule has 1 aliphatic carbocycles. The number of amides is 1. The van der Waals surface area contributed by atoms with Crippen LogP contribution in [-0.2, 0) is 11.2 Å². The van der Waals surface area contributed by atoms with Gasteiger partial charge in [0.1, 0.15) is 23.6 Å². The Hall–Kier alpha value is -4.08. The highest BCUT2D eigenvalue weighted by Crippen LogP contribution is 2.35. The van der Waals surface area contributed by atoms with Crippen LogP contribution in [0.5, 0.6) is 0 Å². The van der Waals surface area contributed by atoms with E-state index < -0.39 is 0 Å². The van der Waals surface area contributed by atoms with E-state index >= 15 is 0 Å². The lowest BCUT2D eigenvalue weighted by atomic mass is 10.2. The molecule has 0 atom stereocenters. The summed E-state index contributed by atoms with van der Waals surface area (Å²) in [4.78, 5) is 13.1. The number of carbonyl (C=O) groups excluding carboxylic acids is 1. The van der Waals surface area contributed by atoms with Crippen molar-refractivity contribution in [2.24, 2.45) is 0 Å². The van der Waals surface area contributed by atoms with E-state index in [1.54, 1.807) is 30.8 Å². The zero-order valence-electron chi connectivity index (χ0n) is 16.6. The van der Waals surface area contributed by atoms with Crippen molar-refractivity contribution in [1.29, 1.82) is 0 Å². The summed E-state index contributed by atoms with van der Waals surface area (Å²) in [6, 6.07) is 13.5. The fraction of sp³-hybridized carbons (Fsp3) is 0.238. The Balaban J connectivity index is 1.38. The van der Waals surface area contributed by atoms with Crippen LogP contribution < -0.4 is 5.32 Å². The van der Waals surface area contributed by atoms with Gasteiger partial charge in [0.15, 0.2) is 5.82 Å². The number of nitrogens with zero attached hydrogens (tertiary/aromatic N) is 7. The van der Waals surface area contributed by atoms with E-state index in [1.807, 2.05) is 30.3 Å². The molecule has 156 valence electrons. The van der Waals surface area contributed by atoms with Gasteiger partial charge in [-0.3, -0.25) is 4.79 Å². The van der Waals surface area contributed by atoms with E-state index in [2.05, 4.69) is 35.6 Å². The van der Waals surface area contributed by atoms with Crippen LogP contribution in [0.2, 0.25) is 0 Å². The molecule has 1 aliphatic rings. The van der Waals surface area contributed by atoms with Gasteiger partial charge in [-0.15, -0.1) is 15.3 Å². The average molecular weight is 416 g/mol. The van der Waals surface area contributed by atoms with Gasteiger partial charge in [-0.1, -0.05) is 30.3 Å². The molecular weight excluding hydrogens is 396 g/mol. The predicted octanol–water partition coefficient (Wildman–Crippen LogP) is 2.22. The first kappa shape index (κ1) is 18.9. The second kappa shape index (κ2) is 8.34. The zero-order chi connectivity index (χ0) is 21.0. The van der Waals surface area contributed by atoms with E-state index in [9.17, 15) is 4.79 Å². The third kappa shape index (κ3) is 4.13. The van der Waals surface area contributed by atoms with E-state index in [0.29, 0.717) is 30.6 Å². The van der Waals surface area contributed by atoms with Crippen molar-refractivity contribution < 1.29 is 9.21 Å². The average Bonchev–Trinajstić information content (AvgIpc) is 3.19. The van der Waals surface area contributed by atoms with Crippen LogP contribution in [-0.4, -0.2) is 47.4 Å². The van der Waals surface area contributed by atoms with Crippen LogP contribution in [0, 0.1) is 0 Å². The molecule has 1 fully saturated rings. The number of hydrogen-bond donors (Lipinski definition) is 1. The summed E-state index contributed by atoms with van der Waals surface area (Å²) in [6.07, 6.45) is 7.79. The Morgan fingerprint density at radius 1 is 1.16 bits per heavy atom. The van der Waals surface area contributed by atoms with Gasteiger partial charge in [0.2, 0.25) is 0 Å². The number of aromatic nitrogens is 7. The Bertz CT molecular complexity index is 1190. The summed E-state index contributed by atoms with van der Waals surface area (Å²) < 4.78 is 8.91. The van der Waals surface area contributed by atoms with Crippen LogP contribution in [0.4, 0.5) is 0 Å². The van der Waals surface area contributed by atoms with Crippen molar-refractivity contribution in [3.63, 3.8) is 0 Å². The molecule has 31 heavy (non-hydrogen) atoms. The lowest BCUT2D eigenvalue weighted by Crippen LogP contribution is -2.29. The lowest BCUT2D eigenvalue weighted by molar-refractivity contribution is -0.115. The largest absolute Gasteiger partial charge is 0.465 e. The topological polar surface area (TPSA) is 117 Å². The zero-order valence-corrected chi connectivity index (χ0v) is 16.6. The van der Waals surface area contributed by atoms with Crippen molar-refractivity contribution in [2.75, 3.05) is 6.54 Å². The van der Waals surface area contributed by atoms with Gasteiger partial charge in [-0.05, 0) is 35.4 Å². The molecule has 1 saturated carbocycles. The number of nitrogens with one attached hydrogen (secondary N) is 1. The van der Waals surface area contributed by atoms with Gasteiger partial charge in [-0.25, -0.2) is 0 Å². The summed E-state index contributed by atoms with van der Waals surface area (Å²) in [5, 5.41) is 23.1. The number of carbonyl (C=O) groups is 1. The van der Waals surface area contributed by atoms with Gasteiger partial charge < -0.3 is 14.3 Å². The van der Waals surface area contributed by atoms with Crippen molar-refractivity contribution in [1.82, 2.24) is 40.3 Å². The van der Waals surface area contributed by atoms with Crippen molar-refractivity contribution in [2.45, 2.75) is 25.3 Å². The molecule has 1 N–H and O–H groups in total. The maximum atomic E-state index is 13.1. The van der Waals surface area contributed by atoms with Crippen LogP contribution in [0.25, 0.3) is 23.2 Å². The minimum absolute atomic E-state index is 0.252. The minimum atomic E-state index is -0.321. The molecular formula is C21H20N8O2. The van der Waals surface area contributed by atoms with Gasteiger partial charge >= 0.3 is 0 Å². The van der Waals surface area contributed by atoms with E-state index in [1.165, 1.54) is 4.68 Å². The number of hydrogen-bond acceptors (Lipinski definition) is 7. The van der Waals surface area contributed by atoms with Crippen LogP contribution >= 0.6 is 0 Å². The first-order chi connectivity index (χ1) is 15.3. The van der Waals surface area contributed by atoms with Crippen molar-refractivity contribution >= 4 is 17.7 Å². The van der Waals surface area contributed by atoms with Crippen molar-refractivity contribution in [3.05, 3.63) is 66.6 Å². The predicted molar refractivity (Wildman–Crippen MR) is 111 cm³/mol. The highest BCUT2D eigenvalue weighted by molar-refractivity contribution is 6.18. The summed E-state index contributed by atoms with van der Waals surface area (Å²) in [7, 11) is 0. The summed E-state index contributed by atoms with van der Waals surface area (Å²) in [5.41, 5.74) is 1.05. The maximum absolute atomic E-state index is 13.1. The third-order valence-electron chi connectivity index (χ3n) is 5.01.